The van der Waals surface area contributed by atoms with Gasteiger partial charge in [0, 0.05) is 26.2 Å². The molecule has 1 atom stereocenters. The highest BCUT2D eigenvalue weighted by Gasteiger charge is 2.41. The Morgan fingerprint density at radius 1 is 1.12 bits per heavy atom. The first kappa shape index (κ1) is 21.7. The predicted octanol–water partition coefficient (Wildman–Crippen LogP) is 5.26. The first-order chi connectivity index (χ1) is 15.6. The number of fused-ring (bicyclic) bond motifs is 1. The molecule has 5 heteroatoms. The van der Waals surface area contributed by atoms with Gasteiger partial charge in [0.1, 0.15) is 17.3 Å². The molecule has 4 nitrogen and oxygen atoms in total. The maximum atomic E-state index is 13.6. The molecule has 4 rings (SSSR count). The minimum absolute atomic E-state index is 0.270. The van der Waals surface area contributed by atoms with Gasteiger partial charge >= 0.3 is 0 Å². The first-order valence-corrected chi connectivity index (χ1v) is 10.7. The normalized spacial score (nSPS) is 17.6. The van der Waals surface area contributed by atoms with Gasteiger partial charge in [-0.15, -0.1) is 0 Å². The van der Waals surface area contributed by atoms with E-state index < -0.39 is 5.60 Å². The van der Waals surface area contributed by atoms with Crippen molar-refractivity contribution >= 4 is 5.84 Å². The van der Waals surface area contributed by atoms with Crippen LogP contribution in [0.15, 0.2) is 77.8 Å². The molecule has 0 fully saturated rings. The number of nitriles is 1. The predicted molar refractivity (Wildman–Crippen MR) is 124 cm³/mol. The molecule has 32 heavy (non-hydrogen) atoms. The molecule has 1 heterocycles. The molecule has 0 bridgehead atoms. The van der Waals surface area contributed by atoms with Crippen molar-refractivity contribution in [2.75, 3.05) is 20.6 Å². The maximum Gasteiger partial charge on any atom is 0.130 e. The van der Waals surface area contributed by atoms with Crippen LogP contribution in [0.4, 0.5) is 4.39 Å². The van der Waals surface area contributed by atoms with E-state index in [0.717, 1.165) is 47.5 Å². The monoisotopic (exact) mass is 427 g/mol. The Labute approximate surface area is 188 Å². The summed E-state index contributed by atoms with van der Waals surface area (Å²) in [6.07, 6.45) is 1.58. The van der Waals surface area contributed by atoms with Gasteiger partial charge < -0.3 is 9.64 Å². The maximum absolute atomic E-state index is 13.6. The molecule has 0 spiro atoms. The Balaban J connectivity index is 1.58. The van der Waals surface area contributed by atoms with Crippen molar-refractivity contribution in [1.82, 2.24) is 4.90 Å². The van der Waals surface area contributed by atoms with E-state index in [1.807, 2.05) is 50.5 Å². The lowest BCUT2D eigenvalue weighted by Gasteiger charge is -2.32. The molecular formula is C27H26FN3O. The average molecular weight is 428 g/mol. The minimum Gasteiger partial charge on any atom is -0.361 e. The van der Waals surface area contributed by atoms with E-state index in [2.05, 4.69) is 28.1 Å². The molecule has 3 aromatic rings. The zero-order chi connectivity index (χ0) is 22.6. The van der Waals surface area contributed by atoms with Crippen LogP contribution in [0.25, 0.3) is 0 Å². The van der Waals surface area contributed by atoms with Gasteiger partial charge in [-0.25, -0.2) is 4.39 Å². The SMILES string of the molecule is CN=C(c1ccccc1)N(C)CCCC1(c2ccc(F)cc2)OCc2cc(C#N)ccc21. The summed E-state index contributed by atoms with van der Waals surface area (Å²) in [5, 5.41) is 9.27. The third-order valence-corrected chi connectivity index (χ3v) is 6.08. The lowest BCUT2D eigenvalue weighted by Crippen LogP contribution is -2.32. The van der Waals surface area contributed by atoms with Crippen LogP contribution in [0.3, 0.4) is 0 Å². The summed E-state index contributed by atoms with van der Waals surface area (Å²) >= 11 is 0. The number of ether oxygens (including phenoxy) is 1. The van der Waals surface area contributed by atoms with E-state index in [-0.39, 0.29) is 5.82 Å². The molecule has 162 valence electrons. The zero-order valence-corrected chi connectivity index (χ0v) is 18.4. The van der Waals surface area contributed by atoms with Gasteiger partial charge in [-0.3, -0.25) is 4.99 Å². The fraction of sp³-hybridized carbons (Fsp3) is 0.259. The minimum atomic E-state index is -0.659. The molecule has 1 unspecified atom stereocenters. The smallest absolute Gasteiger partial charge is 0.130 e. The summed E-state index contributed by atoms with van der Waals surface area (Å²) in [5.41, 5.74) is 4.04. The van der Waals surface area contributed by atoms with E-state index in [0.29, 0.717) is 12.2 Å². The summed E-state index contributed by atoms with van der Waals surface area (Å²) in [5.74, 6) is 0.668. The molecule has 3 aromatic carbocycles. The molecular weight excluding hydrogens is 401 g/mol. The van der Waals surface area contributed by atoms with Gasteiger partial charge in [0.25, 0.3) is 0 Å². The van der Waals surface area contributed by atoms with Gasteiger partial charge in [-0.05, 0) is 53.8 Å². The number of hydrogen-bond acceptors (Lipinski definition) is 3. The second kappa shape index (κ2) is 9.33. The number of benzene rings is 3. The number of hydrogen-bond donors (Lipinski definition) is 0. The molecule has 1 aliphatic heterocycles. The molecule has 0 saturated heterocycles. The van der Waals surface area contributed by atoms with E-state index in [1.54, 1.807) is 12.1 Å². The highest BCUT2D eigenvalue weighted by molar-refractivity contribution is 5.98. The fourth-order valence-electron chi connectivity index (χ4n) is 4.54. The van der Waals surface area contributed by atoms with Crippen LogP contribution in [0, 0.1) is 17.1 Å². The molecule has 0 amide bonds. The zero-order valence-electron chi connectivity index (χ0n) is 18.4. The van der Waals surface area contributed by atoms with Crippen LogP contribution >= 0.6 is 0 Å². The standard InChI is InChI=1S/C27H26FN3O/c1-30-26(21-7-4-3-5-8-21)31(2)16-6-15-27(23-10-12-24(28)13-11-23)25-14-9-20(18-29)17-22(25)19-32-27/h3-5,7-14,17H,6,15-16,19H2,1-2H3. The molecule has 1 aliphatic rings. The number of halogens is 1. The Morgan fingerprint density at radius 2 is 1.88 bits per heavy atom. The van der Waals surface area contributed by atoms with Crippen molar-refractivity contribution in [2.45, 2.75) is 25.0 Å². The van der Waals surface area contributed by atoms with Crippen molar-refractivity contribution in [3.05, 3.63) is 106 Å². The van der Waals surface area contributed by atoms with Crippen molar-refractivity contribution in [3.63, 3.8) is 0 Å². The summed E-state index contributed by atoms with van der Waals surface area (Å²) in [6.45, 7) is 1.23. The molecule has 0 saturated carbocycles. The Hall–Kier alpha value is -3.49. The topological polar surface area (TPSA) is 48.6 Å². The van der Waals surface area contributed by atoms with Crippen LogP contribution < -0.4 is 0 Å². The molecule has 0 aromatic heterocycles. The first-order valence-electron chi connectivity index (χ1n) is 10.7. The average Bonchev–Trinajstić information content (AvgIpc) is 3.19. The molecule has 0 aliphatic carbocycles. The number of nitrogens with zero attached hydrogens (tertiary/aromatic N) is 3. The van der Waals surface area contributed by atoms with Crippen molar-refractivity contribution in [1.29, 1.82) is 5.26 Å². The Morgan fingerprint density at radius 3 is 2.56 bits per heavy atom. The van der Waals surface area contributed by atoms with Gasteiger partial charge in [-0.2, -0.15) is 5.26 Å². The highest BCUT2D eigenvalue weighted by Crippen LogP contribution is 2.45. The van der Waals surface area contributed by atoms with Crippen LogP contribution in [-0.4, -0.2) is 31.4 Å². The summed E-state index contributed by atoms with van der Waals surface area (Å²) in [4.78, 5) is 6.64. The second-order valence-electron chi connectivity index (χ2n) is 8.04. The quantitative estimate of drug-likeness (QED) is 0.398. The lowest BCUT2D eigenvalue weighted by atomic mass is 9.81. The van der Waals surface area contributed by atoms with Gasteiger partial charge in [0.05, 0.1) is 18.2 Å². The summed E-state index contributed by atoms with van der Waals surface area (Å²) in [7, 11) is 3.85. The van der Waals surface area contributed by atoms with Gasteiger partial charge in [-0.1, -0.05) is 48.5 Å². The van der Waals surface area contributed by atoms with Crippen LogP contribution in [0.5, 0.6) is 0 Å². The summed E-state index contributed by atoms with van der Waals surface area (Å²) in [6, 6.07) is 24.6. The van der Waals surface area contributed by atoms with Gasteiger partial charge in [0.2, 0.25) is 0 Å². The van der Waals surface area contributed by atoms with Crippen LogP contribution in [-0.2, 0) is 16.9 Å². The second-order valence-corrected chi connectivity index (χ2v) is 8.04. The van der Waals surface area contributed by atoms with Gasteiger partial charge in [0.15, 0.2) is 0 Å². The number of aliphatic imine (C=N–C) groups is 1. The van der Waals surface area contributed by atoms with Crippen molar-refractivity contribution in [3.8, 4) is 6.07 Å². The number of amidine groups is 1. The summed E-state index contributed by atoms with van der Waals surface area (Å²) < 4.78 is 20.1. The third-order valence-electron chi connectivity index (χ3n) is 6.08. The number of rotatable bonds is 6. The fourth-order valence-corrected chi connectivity index (χ4v) is 4.54. The van der Waals surface area contributed by atoms with Crippen molar-refractivity contribution in [2.24, 2.45) is 4.99 Å². The van der Waals surface area contributed by atoms with E-state index in [9.17, 15) is 9.65 Å². The van der Waals surface area contributed by atoms with E-state index >= 15 is 0 Å². The van der Waals surface area contributed by atoms with E-state index in [1.165, 1.54) is 12.1 Å². The Kier molecular flexibility index (Phi) is 6.34. The Bertz CT molecular complexity index is 1150. The molecule has 0 radical (unpaired) electrons. The largest absolute Gasteiger partial charge is 0.361 e. The lowest BCUT2D eigenvalue weighted by molar-refractivity contribution is -0.0136. The molecule has 0 N–H and O–H groups in total. The van der Waals surface area contributed by atoms with Crippen LogP contribution in [0.1, 0.15) is 40.7 Å². The third kappa shape index (κ3) is 4.15. The van der Waals surface area contributed by atoms with Crippen LogP contribution in [0.2, 0.25) is 0 Å². The van der Waals surface area contributed by atoms with Crippen molar-refractivity contribution < 1.29 is 9.13 Å². The highest BCUT2D eigenvalue weighted by atomic mass is 19.1. The van der Waals surface area contributed by atoms with E-state index in [4.69, 9.17) is 4.74 Å².